The van der Waals surface area contributed by atoms with Crippen molar-refractivity contribution in [1.82, 2.24) is 0 Å². The Hall–Kier alpha value is -2.28. The highest BCUT2D eigenvalue weighted by molar-refractivity contribution is 6.42. The van der Waals surface area contributed by atoms with Crippen molar-refractivity contribution >= 4 is 40.8 Å². The maximum absolute atomic E-state index is 12.2. The number of aromatic carboxylic acids is 1. The Morgan fingerprint density at radius 3 is 2.48 bits per heavy atom. The molecule has 2 aromatic rings. The molecule has 2 rings (SSSR count). The average Bonchev–Trinajstić information content (AvgIpc) is 2.58. The molecule has 0 atom stereocenters. The fraction of sp³-hybridized carbons (Fsp3) is 0.176. The number of carboxylic acids is 1. The Labute approximate surface area is 154 Å². The van der Waals surface area contributed by atoms with Crippen molar-refractivity contribution < 1.29 is 24.2 Å². The highest BCUT2D eigenvalue weighted by atomic mass is 35.5. The summed E-state index contributed by atoms with van der Waals surface area (Å²) in [5, 5.41) is 12.5. The molecule has 6 nitrogen and oxygen atoms in total. The van der Waals surface area contributed by atoms with Gasteiger partial charge in [-0.05, 0) is 36.4 Å². The zero-order valence-electron chi connectivity index (χ0n) is 13.2. The summed E-state index contributed by atoms with van der Waals surface area (Å²) < 4.78 is 10.2. The Morgan fingerprint density at radius 1 is 1.08 bits per heavy atom. The predicted molar refractivity (Wildman–Crippen MR) is 95.2 cm³/mol. The van der Waals surface area contributed by atoms with Crippen LogP contribution in [0.25, 0.3) is 0 Å². The summed E-state index contributed by atoms with van der Waals surface area (Å²) >= 11 is 11.7. The average molecular weight is 384 g/mol. The van der Waals surface area contributed by atoms with Gasteiger partial charge in [0.05, 0.1) is 16.7 Å². The number of anilines is 1. The Morgan fingerprint density at radius 2 is 1.84 bits per heavy atom. The minimum absolute atomic E-state index is 0.0666. The lowest BCUT2D eigenvalue weighted by Gasteiger charge is -2.11. The quantitative estimate of drug-likeness (QED) is 0.706. The first kappa shape index (κ1) is 19.1. The van der Waals surface area contributed by atoms with Gasteiger partial charge in [-0.15, -0.1) is 0 Å². The predicted octanol–water partition coefficient (Wildman–Crippen LogP) is 3.97. The van der Waals surface area contributed by atoms with Crippen LogP contribution in [-0.4, -0.2) is 37.3 Å². The van der Waals surface area contributed by atoms with Gasteiger partial charge in [0.15, 0.2) is 0 Å². The minimum atomic E-state index is -1.17. The Balaban J connectivity index is 2.18. The van der Waals surface area contributed by atoms with Crippen molar-refractivity contribution in [1.29, 1.82) is 0 Å². The number of rotatable bonds is 7. The Bertz CT molecular complexity index is 795. The van der Waals surface area contributed by atoms with E-state index in [4.69, 9.17) is 32.7 Å². The molecule has 8 heteroatoms. The highest BCUT2D eigenvalue weighted by Gasteiger charge is 2.14. The van der Waals surface area contributed by atoms with E-state index in [1.807, 2.05) is 0 Å². The van der Waals surface area contributed by atoms with Gasteiger partial charge >= 0.3 is 5.97 Å². The topological polar surface area (TPSA) is 84.9 Å². The normalized spacial score (nSPS) is 10.4. The van der Waals surface area contributed by atoms with Gasteiger partial charge in [-0.2, -0.15) is 0 Å². The number of methoxy groups -OCH3 is 1. The molecular weight excluding hydrogens is 369 g/mol. The summed E-state index contributed by atoms with van der Waals surface area (Å²) in [6.45, 7) is 0.542. The van der Waals surface area contributed by atoms with Gasteiger partial charge in [0.2, 0.25) is 0 Å². The van der Waals surface area contributed by atoms with Crippen LogP contribution in [0, 0.1) is 0 Å². The summed E-state index contributed by atoms with van der Waals surface area (Å²) in [5.74, 6) is -1.42. The molecule has 132 valence electrons. The number of amides is 1. The van der Waals surface area contributed by atoms with Crippen LogP contribution in [0.5, 0.6) is 5.75 Å². The van der Waals surface area contributed by atoms with Crippen LogP contribution < -0.4 is 10.1 Å². The number of nitrogens with one attached hydrogen (secondary N) is 1. The molecule has 2 aromatic carbocycles. The first-order valence-corrected chi connectivity index (χ1v) is 7.93. The summed E-state index contributed by atoms with van der Waals surface area (Å²) in [6.07, 6.45) is 0. The zero-order chi connectivity index (χ0) is 18.4. The second-order valence-electron chi connectivity index (χ2n) is 4.94. The van der Waals surface area contributed by atoms with Crippen LogP contribution in [0.1, 0.15) is 20.7 Å². The first-order valence-electron chi connectivity index (χ1n) is 7.18. The van der Waals surface area contributed by atoms with E-state index in [0.717, 1.165) is 0 Å². The molecule has 0 saturated carbocycles. The third kappa shape index (κ3) is 5.09. The fourth-order valence-electron chi connectivity index (χ4n) is 1.98. The number of hydrogen-bond donors (Lipinski definition) is 2. The molecule has 0 aliphatic heterocycles. The molecule has 1 amide bonds. The number of hydrogen-bond acceptors (Lipinski definition) is 4. The zero-order valence-corrected chi connectivity index (χ0v) is 14.7. The van der Waals surface area contributed by atoms with E-state index in [-0.39, 0.29) is 22.9 Å². The van der Waals surface area contributed by atoms with Gasteiger partial charge in [-0.25, -0.2) is 4.79 Å². The van der Waals surface area contributed by atoms with E-state index in [9.17, 15) is 14.7 Å². The number of carboxylic acid groups (broad SMARTS) is 1. The van der Waals surface area contributed by atoms with Gasteiger partial charge in [0.25, 0.3) is 5.91 Å². The fourth-order valence-corrected chi connectivity index (χ4v) is 2.27. The lowest BCUT2D eigenvalue weighted by atomic mass is 10.1. The van der Waals surface area contributed by atoms with E-state index in [2.05, 4.69) is 5.32 Å². The number of carbonyl (C=O) groups excluding carboxylic acids is 1. The molecule has 0 heterocycles. The molecule has 0 spiro atoms. The smallest absolute Gasteiger partial charge is 0.339 e. The van der Waals surface area contributed by atoms with Crippen molar-refractivity contribution in [2.45, 2.75) is 0 Å². The van der Waals surface area contributed by atoms with Gasteiger partial charge in [0, 0.05) is 18.4 Å². The third-order valence-corrected chi connectivity index (χ3v) is 3.93. The number of halogens is 2. The van der Waals surface area contributed by atoms with Gasteiger partial charge in [0.1, 0.15) is 17.9 Å². The molecule has 0 aliphatic carbocycles. The largest absolute Gasteiger partial charge is 0.490 e. The maximum Gasteiger partial charge on any atom is 0.339 e. The van der Waals surface area contributed by atoms with Gasteiger partial charge in [-0.3, -0.25) is 4.79 Å². The van der Waals surface area contributed by atoms with Crippen molar-refractivity contribution in [3.8, 4) is 5.75 Å². The molecule has 0 radical (unpaired) electrons. The monoisotopic (exact) mass is 383 g/mol. The Kier molecular flexibility index (Phi) is 6.64. The molecule has 2 N–H and O–H groups in total. The minimum Gasteiger partial charge on any atom is -0.490 e. The molecule has 0 saturated heterocycles. The van der Waals surface area contributed by atoms with Crippen molar-refractivity contribution in [3.63, 3.8) is 0 Å². The van der Waals surface area contributed by atoms with E-state index in [0.29, 0.717) is 22.9 Å². The highest BCUT2D eigenvalue weighted by Crippen LogP contribution is 2.25. The summed E-state index contributed by atoms with van der Waals surface area (Å²) in [7, 11) is 1.52. The van der Waals surface area contributed by atoms with Crippen molar-refractivity contribution in [2.75, 3.05) is 25.6 Å². The number of ether oxygens (including phenoxy) is 2. The van der Waals surface area contributed by atoms with Crippen LogP contribution in [0.15, 0.2) is 36.4 Å². The number of benzene rings is 2. The number of carbonyl (C=O) groups is 2. The molecule has 0 unspecified atom stereocenters. The summed E-state index contributed by atoms with van der Waals surface area (Å²) in [4.78, 5) is 23.6. The van der Waals surface area contributed by atoms with E-state index < -0.39 is 11.9 Å². The van der Waals surface area contributed by atoms with Crippen LogP contribution in [0.4, 0.5) is 5.69 Å². The molecule has 25 heavy (non-hydrogen) atoms. The van der Waals surface area contributed by atoms with Crippen molar-refractivity contribution in [3.05, 3.63) is 57.6 Å². The molecule has 0 bridgehead atoms. The summed E-state index contributed by atoms with van der Waals surface area (Å²) in [6, 6.07) is 8.80. The van der Waals surface area contributed by atoms with Crippen LogP contribution in [0.3, 0.4) is 0 Å². The molecule has 0 aromatic heterocycles. The van der Waals surface area contributed by atoms with E-state index in [1.165, 1.54) is 37.4 Å². The molecule has 0 fully saturated rings. The SMILES string of the molecule is COCCOc1ccc(NC(=O)c2ccc(Cl)c(Cl)c2)cc1C(=O)O. The second-order valence-corrected chi connectivity index (χ2v) is 5.75. The first-order chi connectivity index (χ1) is 11.9. The van der Waals surface area contributed by atoms with Gasteiger partial charge in [-0.1, -0.05) is 23.2 Å². The van der Waals surface area contributed by atoms with E-state index >= 15 is 0 Å². The van der Waals surface area contributed by atoms with Crippen LogP contribution in [-0.2, 0) is 4.74 Å². The maximum atomic E-state index is 12.2. The third-order valence-electron chi connectivity index (χ3n) is 3.19. The van der Waals surface area contributed by atoms with Crippen LogP contribution in [0.2, 0.25) is 10.0 Å². The van der Waals surface area contributed by atoms with Gasteiger partial charge < -0.3 is 19.9 Å². The molecular formula is C17H15Cl2NO5. The second kappa shape index (κ2) is 8.71. The standard InChI is InChI=1S/C17H15Cl2NO5/c1-24-6-7-25-15-5-3-11(9-12(15)17(22)23)20-16(21)10-2-4-13(18)14(19)8-10/h2-5,8-9H,6-7H2,1H3,(H,20,21)(H,22,23). The van der Waals surface area contributed by atoms with Crippen molar-refractivity contribution in [2.24, 2.45) is 0 Å². The lowest BCUT2D eigenvalue weighted by molar-refractivity contribution is 0.0689. The lowest BCUT2D eigenvalue weighted by Crippen LogP contribution is -2.13. The van der Waals surface area contributed by atoms with Crippen LogP contribution >= 0.6 is 23.2 Å². The molecule has 0 aliphatic rings. The van der Waals surface area contributed by atoms with E-state index in [1.54, 1.807) is 6.07 Å². The summed E-state index contributed by atoms with van der Waals surface area (Å²) in [5.41, 5.74) is 0.544.